The molecule has 0 aromatic carbocycles. The third-order valence-electron chi connectivity index (χ3n) is 2.67. The van der Waals surface area contributed by atoms with Crippen molar-refractivity contribution in [2.45, 2.75) is 0 Å². The molecule has 0 aliphatic heterocycles. The van der Waals surface area contributed by atoms with Crippen molar-refractivity contribution >= 4 is 17.2 Å². The van der Waals surface area contributed by atoms with E-state index in [1.54, 1.807) is 18.2 Å². The van der Waals surface area contributed by atoms with E-state index in [0.29, 0.717) is 5.65 Å². The molecule has 2 heterocycles. The Morgan fingerprint density at radius 3 is 2.89 bits per heavy atom. The monoisotopic (exact) mass is 264 g/mol. The molecular weight excluding hydrogens is 252 g/mol. The van der Waals surface area contributed by atoms with Crippen molar-refractivity contribution in [2.24, 2.45) is 0 Å². The molecule has 0 bridgehead atoms. The van der Waals surface area contributed by atoms with Crippen LogP contribution in [0.3, 0.4) is 0 Å². The zero-order valence-corrected chi connectivity index (χ0v) is 10.2. The zero-order valence-electron chi connectivity index (χ0n) is 10.2. The lowest BCUT2D eigenvalue weighted by Gasteiger charge is -2.16. The molecule has 0 aliphatic carbocycles. The van der Waals surface area contributed by atoms with Crippen LogP contribution in [0.15, 0.2) is 29.2 Å². The van der Waals surface area contributed by atoms with Crippen molar-refractivity contribution in [2.75, 3.05) is 25.1 Å². The van der Waals surface area contributed by atoms with Gasteiger partial charge in [-0.25, -0.2) is 4.98 Å². The van der Waals surface area contributed by atoms with E-state index in [-0.39, 0.29) is 19.0 Å². The molecule has 0 saturated heterocycles. The minimum absolute atomic E-state index is 0.0461. The van der Waals surface area contributed by atoms with Crippen molar-refractivity contribution in [3.8, 4) is 0 Å². The molecule has 2 rings (SSSR count). The normalized spacial score (nSPS) is 10.6. The van der Waals surface area contributed by atoms with Crippen LogP contribution in [0.1, 0.15) is 0 Å². The Kier molecular flexibility index (Phi) is 3.43. The van der Waals surface area contributed by atoms with Gasteiger partial charge in [0.2, 0.25) is 5.82 Å². The van der Waals surface area contributed by atoms with Crippen molar-refractivity contribution in [1.82, 2.24) is 9.38 Å². The number of likely N-dealkylation sites (N-methyl/N-ethyl adjacent to an activating group) is 1. The van der Waals surface area contributed by atoms with E-state index in [0.717, 1.165) is 4.40 Å². The minimum atomic E-state index is -0.752. The van der Waals surface area contributed by atoms with E-state index in [1.165, 1.54) is 18.1 Å². The zero-order chi connectivity index (χ0) is 14.0. The fraction of sp³-hybridized carbons (Fsp3) is 0.273. The van der Waals surface area contributed by atoms with Crippen molar-refractivity contribution < 1.29 is 10.0 Å². The van der Waals surface area contributed by atoms with E-state index in [2.05, 4.69) is 4.98 Å². The fourth-order valence-electron chi connectivity index (χ4n) is 1.75. The minimum Gasteiger partial charge on any atom is -0.395 e. The summed E-state index contributed by atoms with van der Waals surface area (Å²) in [5, 5.41) is 19.9. The van der Waals surface area contributed by atoms with Crippen LogP contribution in [0.5, 0.6) is 0 Å². The molecule has 2 aromatic heterocycles. The Morgan fingerprint density at radius 1 is 1.53 bits per heavy atom. The maximum absolute atomic E-state index is 12.1. The molecule has 19 heavy (non-hydrogen) atoms. The Morgan fingerprint density at radius 2 is 2.26 bits per heavy atom. The maximum atomic E-state index is 12.1. The summed E-state index contributed by atoms with van der Waals surface area (Å²) in [7, 11) is 1.53. The molecule has 8 nitrogen and oxygen atoms in total. The van der Waals surface area contributed by atoms with Gasteiger partial charge in [0.15, 0.2) is 0 Å². The number of nitro groups is 1. The molecule has 2 aromatic rings. The molecule has 0 aliphatic rings. The number of pyridine rings is 1. The second-order valence-corrected chi connectivity index (χ2v) is 3.92. The second-order valence-electron chi connectivity index (χ2n) is 3.92. The lowest BCUT2D eigenvalue weighted by Crippen LogP contribution is -2.28. The number of anilines is 1. The van der Waals surface area contributed by atoms with Gasteiger partial charge in [-0.2, -0.15) is 0 Å². The number of aliphatic hydroxyl groups is 1. The lowest BCUT2D eigenvalue weighted by molar-refractivity contribution is -0.385. The predicted molar refractivity (Wildman–Crippen MR) is 68.5 cm³/mol. The quantitative estimate of drug-likeness (QED) is 0.617. The molecule has 0 unspecified atom stereocenters. The van der Waals surface area contributed by atoms with E-state index >= 15 is 0 Å². The second kappa shape index (κ2) is 5.02. The molecule has 0 amide bonds. The molecule has 100 valence electrons. The number of hydrogen-bond donors (Lipinski definition) is 1. The fourth-order valence-corrected chi connectivity index (χ4v) is 1.75. The lowest BCUT2D eigenvalue weighted by atomic mass is 10.4. The van der Waals surface area contributed by atoms with Crippen molar-refractivity contribution in [3.63, 3.8) is 0 Å². The van der Waals surface area contributed by atoms with Gasteiger partial charge in [-0.05, 0) is 12.1 Å². The van der Waals surface area contributed by atoms with Crippen LogP contribution in [-0.2, 0) is 0 Å². The molecule has 0 atom stereocenters. The predicted octanol–water partition coefficient (Wildman–Crippen LogP) is 0.0312. The average Bonchev–Trinajstić information content (AvgIpc) is 2.38. The highest BCUT2D eigenvalue weighted by Crippen LogP contribution is 2.21. The van der Waals surface area contributed by atoms with Crippen LogP contribution < -0.4 is 10.5 Å². The summed E-state index contributed by atoms with van der Waals surface area (Å²) in [4.78, 5) is 27.9. The molecule has 1 N–H and O–H groups in total. The van der Waals surface area contributed by atoms with Crippen LogP contribution in [0, 0.1) is 10.1 Å². The SMILES string of the molecule is CN(CCO)c1nc2ccccn2c(=O)c1[N+](=O)[O-]. The number of nitrogens with zero attached hydrogens (tertiary/aromatic N) is 4. The van der Waals surface area contributed by atoms with E-state index in [1.807, 2.05) is 0 Å². The Hall–Kier alpha value is -2.48. The van der Waals surface area contributed by atoms with Gasteiger partial charge in [0, 0.05) is 19.8 Å². The average molecular weight is 264 g/mol. The van der Waals surface area contributed by atoms with E-state index in [4.69, 9.17) is 5.11 Å². The van der Waals surface area contributed by atoms with Gasteiger partial charge < -0.3 is 10.0 Å². The number of aromatic nitrogens is 2. The first-order chi connectivity index (χ1) is 9.06. The van der Waals surface area contributed by atoms with Crippen LogP contribution in [0.4, 0.5) is 11.5 Å². The van der Waals surface area contributed by atoms with Crippen LogP contribution in [-0.4, -0.2) is 39.6 Å². The summed E-state index contributed by atoms with van der Waals surface area (Å²) in [6.45, 7) is -0.0419. The van der Waals surface area contributed by atoms with E-state index in [9.17, 15) is 14.9 Å². The molecule has 0 saturated carbocycles. The summed E-state index contributed by atoms with van der Waals surface area (Å²) < 4.78 is 1.12. The number of rotatable bonds is 4. The molecule has 8 heteroatoms. The summed E-state index contributed by atoms with van der Waals surface area (Å²) in [5.74, 6) is -0.0461. The van der Waals surface area contributed by atoms with Gasteiger partial charge in [-0.3, -0.25) is 19.3 Å². The molecule has 0 spiro atoms. The summed E-state index contributed by atoms with van der Waals surface area (Å²) in [6.07, 6.45) is 1.42. The number of aliphatic hydroxyl groups excluding tert-OH is 1. The highest BCUT2D eigenvalue weighted by Gasteiger charge is 2.25. The molecule has 0 fully saturated rings. The highest BCUT2D eigenvalue weighted by molar-refractivity contribution is 5.61. The Bertz CT molecular complexity index is 682. The van der Waals surface area contributed by atoms with Gasteiger partial charge in [0.05, 0.1) is 11.5 Å². The molecular formula is C11H12N4O4. The van der Waals surface area contributed by atoms with Crippen LogP contribution in [0.25, 0.3) is 5.65 Å². The van der Waals surface area contributed by atoms with Crippen LogP contribution in [0.2, 0.25) is 0 Å². The highest BCUT2D eigenvalue weighted by atomic mass is 16.6. The van der Waals surface area contributed by atoms with Crippen molar-refractivity contribution in [3.05, 3.63) is 44.9 Å². The van der Waals surface area contributed by atoms with Gasteiger partial charge in [-0.15, -0.1) is 0 Å². The summed E-state index contributed by atoms with van der Waals surface area (Å²) >= 11 is 0. The standard InChI is InChI=1S/C11H12N4O4/c1-13(6-7-16)10-9(15(18)19)11(17)14-5-3-2-4-8(14)12-10/h2-5,16H,6-7H2,1H3. The largest absolute Gasteiger partial charge is 0.395 e. The maximum Gasteiger partial charge on any atom is 0.376 e. The van der Waals surface area contributed by atoms with Gasteiger partial charge in [0.1, 0.15) is 5.65 Å². The Balaban J connectivity index is 2.78. The number of fused-ring (bicyclic) bond motifs is 1. The van der Waals surface area contributed by atoms with Gasteiger partial charge >= 0.3 is 11.2 Å². The Labute approximate surface area is 107 Å². The van der Waals surface area contributed by atoms with Crippen LogP contribution >= 0.6 is 0 Å². The van der Waals surface area contributed by atoms with Gasteiger partial charge in [-0.1, -0.05) is 6.07 Å². The third kappa shape index (κ3) is 2.25. The summed E-state index contributed by atoms with van der Waals surface area (Å²) in [6, 6.07) is 4.86. The topological polar surface area (TPSA) is 101 Å². The smallest absolute Gasteiger partial charge is 0.376 e. The van der Waals surface area contributed by atoms with E-state index < -0.39 is 16.2 Å². The first kappa shape index (κ1) is 13.0. The first-order valence-electron chi connectivity index (χ1n) is 5.54. The third-order valence-corrected chi connectivity index (χ3v) is 2.67. The summed E-state index contributed by atoms with van der Waals surface area (Å²) in [5.41, 5.74) is -1.02. The van der Waals surface area contributed by atoms with Crippen molar-refractivity contribution in [1.29, 1.82) is 0 Å². The number of hydrogen-bond acceptors (Lipinski definition) is 6. The van der Waals surface area contributed by atoms with Gasteiger partial charge in [0.25, 0.3) is 0 Å². The first-order valence-corrected chi connectivity index (χ1v) is 5.54. The molecule has 0 radical (unpaired) electrons.